The van der Waals surface area contributed by atoms with Gasteiger partial charge in [0.2, 0.25) is 0 Å². The SMILES string of the molecule is O=C(O)c1nc(-c2ccncn2)nc2ccccc12. The molecule has 0 atom stereocenters. The third-order valence-electron chi connectivity index (χ3n) is 2.62. The second kappa shape index (κ2) is 4.41. The molecule has 0 aliphatic rings. The first kappa shape index (κ1) is 11.2. The zero-order valence-corrected chi connectivity index (χ0v) is 9.69. The summed E-state index contributed by atoms with van der Waals surface area (Å²) in [5, 5.41) is 9.74. The van der Waals surface area contributed by atoms with Crippen LogP contribution in [0.4, 0.5) is 0 Å². The Kier molecular flexibility index (Phi) is 2.60. The first-order valence-electron chi connectivity index (χ1n) is 5.52. The topological polar surface area (TPSA) is 88.9 Å². The molecule has 6 heteroatoms. The predicted octanol–water partition coefficient (Wildman–Crippen LogP) is 1.78. The van der Waals surface area contributed by atoms with Gasteiger partial charge < -0.3 is 5.11 Å². The molecule has 0 aliphatic carbocycles. The molecule has 0 radical (unpaired) electrons. The van der Waals surface area contributed by atoms with Gasteiger partial charge in [-0.25, -0.2) is 24.7 Å². The zero-order chi connectivity index (χ0) is 13.2. The van der Waals surface area contributed by atoms with Crippen LogP contribution in [-0.2, 0) is 0 Å². The summed E-state index contributed by atoms with van der Waals surface area (Å²) in [6.07, 6.45) is 2.93. The van der Waals surface area contributed by atoms with Gasteiger partial charge in [-0.05, 0) is 12.1 Å². The normalized spacial score (nSPS) is 10.5. The summed E-state index contributed by atoms with van der Waals surface area (Å²) in [5.41, 5.74) is 1.03. The molecule has 0 aliphatic heterocycles. The molecule has 3 aromatic rings. The van der Waals surface area contributed by atoms with Crippen molar-refractivity contribution in [3.05, 3.63) is 48.5 Å². The van der Waals surface area contributed by atoms with Crippen molar-refractivity contribution in [2.45, 2.75) is 0 Å². The molecule has 6 nitrogen and oxygen atoms in total. The van der Waals surface area contributed by atoms with E-state index in [1.54, 1.807) is 36.5 Å². The van der Waals surface area contributed by atoms with Crippen molar-refractivity contribution >= 4 is 16.9 Å². The second-order valence-corrected chi connectivity index (χ2v) is 3.81. The number of carboxylic acid groups (broad SMARTS) is 1. The van der Waals surface area contributed by atoms with Crippen LogP contribution in [-0.4, -0.2) is 31.0 Å². The number of aromatic carboxylic acids is 1. The van der Waals surface area contributed by atoms with Crippen LogP contribution in [0.5, 0.6) is 0 Å². The average Bonchev–Trinajstić information content (AvgIpc) is 2.47. The summed E-state index contributed by atoms with van der Waals surface area (Å²) in [5.74, 6) is -0.813. The van der Waals surface area contributed by atoms with E-state index in [4.69, 9.17) is 0 Å². The summed E-state index contributed by atoms with van der Waals surface area (Å²) >= 11 is 0. The number of carbonyl (C=O) groups is 1. The van der Waals surface area contributed by atoms with Crippen LogP contribution in [0.2, 0.25) is 0 Å². The largest absolute Gasteiger partial charge is 0.476 e. The summed E-state index contributed by atoms with van der Waals surface area (Å²) < 4.78 is 0. The van der Waals surface area contributed by atoms with Crippen LogP contribution < -0.4 is 0 Å². The van der Waals surface area contributed by atoms with Crippen molar-refractivity contribution < 1.29 is 9.90 Å². The van der Waals surface area contributed by atoms with Crippen LogP contribution in [0.1, 0.15) is 10.5 Å². The maximum atomic E-state index is 11.3. The Balaban J connectivity index is 2.31. The van der Waals surface area contributed by atoms with Crippen LogP contribution in [0.3, 0.4) is 0 Å². The molecule has 19 heavy (non-hydrogen) atoms. The Morgan fingerprint density at radius 2 is 1.95 bits per heavy atom. The summed E-state index contributed by atoms with van der Waals surface area (Å²) in [6, 6.07) is 8.61. The van der Waals surface area contributed by atoms with E-state index >= 15 is 0 Å². The van der Waals surface area contributed by atoms with E-state index in [0.717, 1.165) is 0 Å². The molecule has 92 valence electrons. The zero-order valence-electron chi connectivity index (χ0n) is 9.69. The molecule has 0 saturated heterocycles. The molecular formula is C13H8N4O2. The molecule has 0 unspecified atom stereocenters. The number of aromatic nitrogens is 4. The fraction of sp³-hybridized carbons (Fsp3) is 0. The summed E-state index contributed by atoms with van der Waals surface area (Å²) in [6.45, 7) is 0. The minimum atomic E-state index is -1.09. The van der Waals surface area contributed by atoms with E-state index in [-0.39, 0.29) is 11.5 Å². The lowest BCUT2D eigenvalue weighted by Gasteiger charge is -2.04. The molecule has 1 aromatic carbocycles. The van der Waals surface area contributed by atoms with Crippen LogP contribution in [0.25, 0.3) is 22.4 Å². The van der Waals surface area contributed by atoms with Crippen molar-refractivity contribution in [2.75, 3.05) is 0 Å². The van der Waals surface area contributed by atoms with Gasteiger partial charge in [0.05, 0.1) is 5.52 Å². The van der Waals surface area contributed by atoms with Crippen LogP contribution >= 0.6 is 0 Å². The predicted molar refractivity (Wildman–Crippen MR) is 67.5 cm³/mol. The van der Waals surface area contributed by atoms with Gasteiger partial charge in [-0.1, -0.05) is 18.2 Å². The van der Waals surface area contributed by atoms with Gasteiger partial charge in [-0.3, -0.25) is 0 Å². The van der Waals surface area contributed by atoms with E-state index < -0.39 is 5.97 Å². The highest BCUT2D eigenvalue weighted by Gasteiger charge is 2.14. The van der Waals surface area contributed by atoms with E-state index in [1.165, 1.54) is 6.33 Å². The fourth-order valence-corrected chi connectivity index (χ4v) is 1.78. The smallest absolute Gasteiger partial charge is 0.355 e. The number of fused-ring (bicyclic) bond motifs is 1. The van der Waals surface area contributed by atoms with Crippen molar-refractivity contribution in [3.63, 3.8) is 0 Å². The third-order valence-corrected chi connectivity index (χ3v) is 2.62. The molecule has 1 N–H and O–H groups in total. The lowest BCUT2D eigenvalue weighted by Crippen LogP contribution is -2.05. The lowest BCUT2D eigenvalue weighted by atomic mass is 10.2. The molecular weight excluding hydrogens is 244 g/mol. The van der Waals surface area contributed by atoms with Crippen LogP contribution in [0.15, 0.2) is 42.9 Å². The molecule has 3 rings (SSSR count). The lowest BCUT2D eigenvalue weighted by molar-refractivity contribution is 0.0693. The molecule has 0 fully saturated rings. The van der Waals surface area contributed by atoms with E-state index in [2.05, 4.69) is 19.9 Å². The van der Waals surface area contributed by atoms with E-state index in [9.17, 15) is 9.90 Å². The molecule has 0 spiro atoms. The van der Waals surface area contributed by atoms with Gasteiger partial charge in [-0.2, -0.15) is 0 Å². The van der Waals surface area contributed by atoms with Crippen LogP contribution in [0, 0.1) is 0 Å². The van der Waals surface area contributed by atoms with Gasteiger partial charge in [-0.15, -0.1) is 0 Å². The number of hydrogen-bond donors (Lipinski definition) is 1. The number of nitrogens with zero attached hydrogens (tertiary/aromatic N) is 4. The summed E-state index contributed by atoms with van der Waals surface area (Å²) in [4.78, 5) is 27.5. The number of hydrogen-bond acceptors (Lipinski definition) is 5. The number of benzene rings is 1. The number of para-hydroxylation sites is 1. The second-order valence-electron chi connectivity index (χ2n) is 3.81. The van der Waals surface area contributed by atoms with Gasteiger partial charge in [0, 0.05) is 11.6 Å². The van der Waals surface area contributed by atoms with Crippen molar-refractivity contribution in [2.24, 2.45) is 0 Å². The molecule has 2 aromatic heterocycles. The quantitative estimate of drug-likeness (QED) is 0.747. The first-order valence-corrected chi connectivity index (χ1v) is 5.52. The minimum absolute atomic E-state index is 0.0285. The Bertz CT molecular complexity index is 759. The van der Waals surface area contributed by atoms with Gasteiger partial charge in [0.1, 0.15) is 12.0 Å². The van der Waals surface area contributed by atoms with Crippen molar-refractivity contribution in [1.29, 1.82) is 0 Å². The maximum absolute atomic E-state index is 11.3. The minimum Gasteiger partial charge on any atom is -0.476 e. The van der Waals surface area contributed by atoms with Gasteiger partial charge in [0.15, 0.2) is 11.5 Å². The number of carboxylic acids is 1. The van der Waals surface area contributed by atoms with E-state index in [1.807, 2.05) is 0 Å². The van der Waals surface area contributed by atoms with E-state index in [0.29, 0.717) is 16.6 Å². The molecule has 0 saturated carbocycles. The third kappa shape index (κ3) is 1.99. The highest BCUT2D eigenvalue weighted by Crippen LogP contribution is 2.19. The standard InChI is InChI=1S/C13H8N4O2/c18-13(19)11-8-3-1-2-4-9(8)16-12(17-11)10-5-6-14-7-15-10/h1-7H,(H,18,19). The Morgan fingerprint density at radius 1 is 1.11 bits per heavy atom. The van der Waals surface area contributed by atoms with Gasteiger partial charge in [0.25, 0.3) is 0 Å². The Labute approximate surface area is 107 Å². The monoisotopic (exact) mass is 252 g/mol. The fourth-order valence-electron chi connectivity index (χ4n) is 1.78. The highest BCUT2D eigenvalue weighted by molar-refractivity contribution is 6.01. The van der Waals surface area contributed by atoms with Crippen molar-refractivity contribution in [1.82, 2.24) is 19.9 Å². The Morgan fingerprint density at radius 3 is 2.68 bits per heavy atom. The molecule has 2 heterocycles. The summed E-state index contributed by atoms with van der Waals surface area (Å²) in [7, 11) is 0. The number of rotatable bonds is 2. The molecule has 0 amide bonds. The van der Waals surface area contributed by atoms with Gasteiger partial charge >= 0.3 is 5.97 Å². The molecule has 0 bridgehead atoms. The first-order chi connectivity index (χ1) is 9.25. The van der Waals surface area contributed by atoms with Crippen molar-refractivity contribution in [3.8, 4) is 11.5 Å². The Hall–Kier alpha value is -2.89. The highest BCUT2D eigenvalue weighted by atomic mass is 16.4. The average molecular weight is 252 g/mol. The maximum Gasteiger partial charge on any atom is 0.355 e.